The topological polar surface area (TPSA) is 83.3 Å². The minimum absolute atomic E-state index is 0.162. The van der Waals surface area contributed by atoms with Gasteiger partial charge in [0.25, 0.3) is 0 Å². The summed E-state index contributed by atoms with van der Waals surface area (Å²) in [7, 11) is 1.50. The van der Waals surface area contributed by atoms with Crippen molar-refractivity contribution in [2.75, 3.05) is 11.9 Å². The highest BCUT2D eigenvalue weighted by molar-refractivity contribution is 6.32. The van der Waals surface area contributed by atoms with Crippen LogP contribution in [0.2, 0.25) is 5.02 Å². The molecule has 0 aliphatic heterocycles. The Hall–Kier alpha value is -2.98. The number of amides is 1. The van der Waals surface area contributed by atoms with Gasteiger partial charge in [0, 0.05) is 30.8 Å². The van der Waals surface area contributed by atoms with E-state index in [-0.39, 0.29) is 10.8 Å². The molecule has 1 unspecified atom stereocenters. The summed E-state index contributed by atoms with van der Waals surface area (Å²) < 4.78 is 20.0. The van der Waals surface area contributed by atoms with E-state index >= 15 is 0 Å². The SMILES string of the molecule is CC(=O)C(C#N)c1c(Cl)cnc2c1-c1cc(F)cc(N(C)C(=O)OC(C)(C)C)c1C2. The van der Waals surface area contributed by atoms with Crippen LogP contribution in [0.15, 0.2) is 18.3 Å². The Bertz CT molecular complexity index is 1100. The van der Waals surface area contributed by atoms with E-state index in [4.69, 9.17) is 16.3 Å². The standard InChI is InChI=1S/C22H21ClFN3O3/c1-11(28)15(9-25)19-16(23)10-26-17-8-13-14(20(17)19)6-12(24)7-18(13)27(5)21(29)30-22(2,3)4/h6-7,10,15H,8H2,1-5H3. The summed E-state index contributed by atoms with van der Waals surface area (Å²) in [6, 6.07) is 4.54. The molecule has 3 rings (SSSR count). The first kappa shape index (κ1) is 21.7. The van der Waals surface area contributed by atoms with Crippen LogP contribution in [0, 0.1) is 17.1 Å². The molecule has 0 N–H and O–H groups in total. The molecular weight excluding hydrogens is 409 g/mol. The molecule has 1 atom stereocenters. The Morgan fingerprint density at radius 3 is 2.60 bits per heavy atom. The Balaban J connectivity index is 2.20. The molecule has 1 aliphatic rings. The zero-order valence-electron chi connectivity index (χ0n) is 17.3. The van der Waals surface area contributed by atoms with E-state index in [1.54, 1.807) is 20.8 Å². The molecule has 1 aromatic heterocycles. The van der Waals surface area contributed by atoms with Crippen LogP contribution in [0.3, 0.4) is 0 Å². The van der Waals surface area contributed by atoms with E-state index in [1.165, 1.54) is 37.2 Å². The molecule has 30 heavy (non-hydrogen) atoms. The van der Waals surface area contributed by atoms with Gasteiger partial charge in [0.1, 0.15) is 17.3 Å². The van der Waals surface area contributed by atoms with Crippen molar-refractivity contribution in [3.8, 4) is 17.2 Å². The van der Waals surface area contributed by atoms with Gasteiger partial charge in [-0.05, 0) is 51.0 Å². The van der Waals surface area contributed by atoms with Crippen LogP contribution in [0.25, 0.3) is 11.1 Å². The molecule has 0 bridgehead atoms. The van der Waals surface area contributed by atoms with Crippen LogP contribution < -0.4 is 4.90 Å². The third-order valence-electron chi connectivity index (χ3n) is 4.81. The van der Waals surface area contributed by atoms with Gasteiger partial charge >= 0.3 is 6.09 Å². The summed E-state index contributed by atoms with van der Waals surface area (Å²) >= 11 is 6.31. The Morgan fingerprint density at radius 2 is 2.03 bits per heavy atom. The average molecular weight is 430 g/mol. The number of hydrogen-bond donors (Lipinski definition) is 0. The molecule has 1 amide bonds. The fraction of sp³-hybridized carbons (Fsp3) is 0.364. The Labute approximate surface area is 179 Å². The lowest BCUT2D eigenvalue weighted by Gasteiger charge is -2.26. The van der Waals surface area contributed by atoms with Crippen LogP contribution in [-0.4, -0.2) is 29.5 Å². The normalized spacial score (nSPS) is 13.1. The number of benzene rings is 1. The van der Waals surface area contributed by atoms with Gasteiger partial charge < -0.3 is 4.74 Å². The van der Waals surface area contributed by atoms with E-state index < -0.39 is 23.4 Å². The number of ketones is 1. The second-order valence-corrected chi connectivity index (χ2v) is 8.59. The van der Waals surface area contributed by atoms with Gasteiger partial charge in [0.2, 0.25) is 0 Å². The van der Waals surface area contributed by atoms with Crippen molar-refractivity contribution in [3.05, 3.63) is 46.0 Å². The molecule has 1 aliphatic carbocycles. The summed E-state index contributed by atoms with van der Waals surface area (Å²) in [6.07, 6.45) is 1.06. The zero-order valence-corrected chi connectivity index (χ0v) is 18.1. The van der Waals surface area contributed by atoms with E-state index in [0.717, 1.165) is 0 Å². The van der Waals surface area contributed by atoms with Gasteiger partial charge in [0.05, 0.1) is 22.5 Å². The predicted octanol–water partition coefficient (Wildman–Crippen LogP) is 5.01. The molecule has 0 fully saturated rings. The number of nitriles is 1. The third-order valence-corrected chi connectivity index (χ3v) is 5.11. The number of carbonyl (C=O) groups excluding carboxylic acids is 2. The molecule has 2 aromatic rings. The van der Waals surface area contributed by atoms with Gasteiger partial charge in [-0.15, -0.1) is 0 Å². The Morgan fingerprint density at radius 1 is 1.37 bits per heavy atom. The molecule has 1 aromatic carbocycles. The number of halogens is 2. The van der Waals surface area contributed by atoms with E-state index in [9.17, 15) is 19.2 Å². The summed E-state index contributed by atoms with van der Waals surface area (Å²) in [5.41, 5.74) is 2.07. The molecule has 0 saturated carbocycles. The number of aromatic nitrogens is 1. The molecule has 1 heterocycles. The summed E-state index contributed by atoms with van der Waals surface area (Å²) in [5, 5.41) is 9.70. The molecular formula is C22H21ClFN3O3. The monoisotopic (exact) mass is 429 g/mol. The highest BCUT2D eigenvalue weighted by Gasteiger charge is 2.34. The van der Waals surface area contributed by atoms with E-state index in [2.05, 4.69) is 4.98 Å². The summed E-state index contributed by atoms with van der Waals surface area (Å²) in [6.45, 7) is 6.53. The zero-order chi connectivity index (χ0) is 22.4. The molecule has 0 radical (unpaired) electrons. The fourth-order valence-corrected chi connectivity index (χ4v) is 3.80. The maximum atomic E-state index is 14.6. The van der Waals surface area contributed by atoms with E-state index in [1.807, 2.05) is 6.07 Å². The van der Waals surface area contributed by atoms with Crippen molar-refractivity contribution < 1.29 is 18.7 Å². The number of hydrogen-bond acceptors (Lipinski definition) is 5. The quantitative estimate of drug-likeness (QED) is 0.584. The predicted molar refractivity (Wildman–Crippen MR) is 111 cm³/mol. The van der Waals surface area contributed by atoms with Gasteiger partial charge in [-0.2, -0.15) is 5.26 Å². The van der Waals surface area contributed by atoms with Crippen LogP contribution in [0.5, 0.6) is 0 Å². The van der Waals surface area contributed by atoms with Crippen molar-refractivity contribution in [1.82, 2.24) is 4.98 Å². The number of rotatable bonds is 3. The maximum absolute atomic E-state index is 14.6. The Kier molecular flexibility index (Phi) is 5.57. The molecule has 0 spiro atoms. The minimum atomic E-state index is -1.10. The lowest BCUT2D eigenvalue weighted by molar-refractivity contribution is -0.117. The van der Waals surface area contributed by atoms with Gasteiger partial charge in [-0.25, -0.2) is 9.18 Å². The van der Waals surface area contributed by atoms with Gasteiger partial charge in [-0.3, -0.25) is 14.7 Å². The first-order chi connectivity index (χ1) is 13.9. The lowest BCUT2D eigenvalue weighted by Crippen LogP contribution is -2.34. The molecule has 0 saturated heterocycles. The number of carbonyl (C=O) groups is 2. The smallest absolute Gasteiger partial charge is 0.414 e. The highest BCUT2D eigenvalue weighted by Crippen LogP contribution is 2.46. The highest BCUT2D eigenvalue weighted by atomic mass is 35.5. The van der Waals surface area contributed by atoms with E-state index in [0.29, 0.717) is 40.1 Å². The van der Waals surface area contributed by atoms with Gasteiger partial charge in [-0.1, -0.05) is 11.6 Å². The van der Waals surface area contributed by atoms with Gasteiger partial charge in [0.15, 0.2) is 5.78 Å². The van der Waals surface area contributed by atoms with Crippen molar-refractivity contribution in [1.29, 1.82) is 5.26 Å². The summed E-state index contributed by atoms with van der Waals surface area (Å²) in [5.74, 6) is -2.05. The van der Waals surface area contributed by atoms with Crippen molar-refractivity contribution in [2.45, 2.75) is 45.6 Å². The number of anilines is 1. The number of nitrogens with zero attached hydrogens (tertiary/aromatic N) is 3. The largest absolute Gasteiger partial charge is 0.443 e. The number of fused-ring (bicyclic) bond motifs is 3. The van der Waals surface area contributed by atoms with Crippen molar-refractivity contribution in [3.63, 3.8) is 0 Å². The van der Waals surface area contributed by atoms with Crippen LogP contribution in [-0.2, 0) is 16.0 Å². The van der Waals surface area contributed by atoms with Crippen molar-refractivity contribution in [2.24, 2.45) is 0 Å². The lowest BCUT2D eigenvalue weighted by atomic mass is 9.90. The number of pyridine rings is 1. The first-order valence-corrected chi connectivity index (χ1v) is 9.69. The minimum Gasteiger partial charge on any atom is -0.443 e. The first-order valence-electron chi connectivity index (χ1n) is 9.31. The summed E-state index contributed by atoms with van der Waals surface area (Å²) in [4.78, 5) is 30.2. The maximum Gasteiger partial charge on any atom is 0.414 e. The van der Waals surface area contributed by atoms with Crippen LogP contribution in [0.4, 0.5) is 14.9 Å². The van der Waals surface area contributed by atoms with Crippen LogP contribution >= 0.6 is 11.6 Å². The average Bonchev–Trinajstić information content (AvgIpc) is 2.99. The molecule has 156 valence electrons. The van der Waals surface area contributed by atoms with Crippen LogP contribution in [0.1, 0.15) is 50.4 Å². The number of ether oxygens (including phenoxy) is 1. The third kappa shape index (κ3) is 3.88. The fourth-order valence-electron chi connectivity index (χ4n) is 3.55. The number of Topliss-reactive ketones (excluding diaryl/α,β-unsaturated/α-hetero) is 1. The molecule has 8 heteroatoms. The van der Waals surface area contributed by atoms with Crippen molar-refractivity contribution >= 4 is 29.2 Å². The second kappa shape index (κ2) is 7.69. The second-order valence-electron chi connectivity index (χ2n) is 8.18. The molecule has 6 nitrogen and oxygen atoms in total.